The largest absolute Gasteiger partial charge is 0.481 e. The van der Waals surface area contributed by atoms with E-state index in [1.807, 2.05) is 86.6 Å². The van der Waals surface area contributed by atoms with Crippen LogP contribution in [0.25, 0.3) is 0 Å². The van der Waals surface area contributed by atoms with E-state index in [4.69, 9.17) is 9.47 Å². The summed E-state index contributed by atoms with van der Waals surface area (Å²) in [7, 11) is 0. The summed E-state index contributed by atoms with van der Waals surface area (Å²) >= 11 is 0. The first-order chi connectivity index (χ1) is 24.2. The highest BCUT2D eigenvalue weighted by atomic mass is 16.5. The van der Waals surface area contributed by atoms with Crippen molar-refractivity contribution < 1.29 is 38.9 Å². The van der Waals surface area contributed by atoms with E-state index in [1.54, 1.807) is 36.4 Å². The first-order valence-corrected chi connectivity index (χ1v) is 16.9. The van der Waals surface area contributed by atoms with Crippen molar-refractivity contribution in [1.29, 1.82) is 0 Å². The van der Waals surface area contributed by atoms with Crippen molar-refractivity contribution in [2.24, 2.45) is 23.7 Å². The lowest BCUT2D eigenvalue weighted by Crippen LogP contribution is -2.64. The quantitative estimate of drug-likeness (QED) is 0.128. The van der Waals surface area contributed by atoms with E-state index in [0.717, 1.165) is 11.1 Å². The molecule has 5 rings (SSSR count). The fourth-order valence-electron chi connectivity index (χ4n) is 6.58. The third-order valence-corrected chi connectivity index (χ3v) is 8.80. The van der Waals surface area contributed by atoms with Gasteiger partial charge in [0, 0.05) is 26.2 Å². The Kier molecular flexibility index (Phi) is 11.9. The summed E-state index contributed by atoms with van der Waals surface area (Å²) < 4.78 is 11.9. The molecule has 2 amide bonds. The molecule has 1 aliphatic carbocycles. The Bertz CT molecular complexity index is 1640. The standard InChI is InChI=1S/C40H42N2O8/c1-3-21-41(25-27-13-11-19-31(23-27)49-29-15-7-5-8-16-29)37(43)33-35(39(45)46)34(36(33)40(47)48)38(44)42(22-4-2)26-28-14-12-20-32(24-28)50-30-17-9-6-10-18-30/h5-20,23-24,33-36H,3-4,21-22,25-26H2,1-2H3,(H,45,46)(H,47,48)/t33-,34-,35-,36-. The highest BCUT2D eigenvalue weighted by molar-refractivity contribution is 5.99. The molecule has 260 valence electrons. The van der Waals surface area contributed by atoms with Crippen LogP contribution in [0.1, 0.15) is 37.8 Å². The zero-order valence-corrected chi connectivity index (χ0v) is 28.2. The van der Waals surface area contributed by atoms with Gasteiger partial charge in [-0.1, -0.05) is 74.5 Å². The van der Waals surface area contributed by atoms with Crippen LogP contribution < -0.4 is 9.47 Å². The molecule has 1 saturated carbocycles. The molecule has 4 aromatic carbocycles. The average Bonchev–Trinajstić information content (AvgIpc) is 3.08. The van der Waals surface area contributed by atoms with E-state index in [9.17, 15) is 29.4 Å². The van der Waals surface area contributed by atoms with Gasteiger partial charge in [0.25, 0.3) is 0 Å². The minimum Gasteiger partial charge on any atom is -0.481 e. The molecule has 0 bridgehead atoms. The predicted molar refractivity (Wildman–Crippen MR) is 187 cm³/mol. The fourth-order valence-corrected chi connectivity index (χ4v) is 6.58. The minimum absolute atomic E-state index is 0.121. The summed E-state index contributed by atoms with van der Waals surface area (Å²) in [6.07, 6.45) is 1.13. The predicted octanol–water partition coefficient (Wildman–Crippen LogP) is 7.10. The maximum atomic E-state index is 14.1. The average molecular weight is 679 g/mol. The number of carboxylic acids is 2. The molecule has 10 heteroatoms. The van der Waals surface area contributed by atoms with Gasteiger partial charge in [-0.15, -0.1) is 0 Å². The van der Waals surface area contributed by atoms with Crippen LogP contribution in [-0.4, -0.2) is 56.9 Å². The van der Waals surface area contributed by atoms with E-state index in [1.165, 1.54) is 9.80 Å². The maximum absolute atomic E-state index is 14.1. The molecule has 0 saturated heterocycles. The van der Waals surface area contributed by atoms with Crippen molar-refractivity contribution in [3.05, 3.63) is 120 Å². The van der Waals surface area contributed by atoms with E-state index < -0.39 is 47.4 Å². The van der Waals surface area contributed by atoms with Gasteiger partial charge < -0.3 is 29.5 Å². The second-order valence-corrected chi connectivity index (χ2v) is 12.4. The van der Waals surface area contributed by atoms with Crippen molar-refractivity contribution in [1.82, 2.24) is 9.80 Å². The first kappa shape index (κ1) is 35.7. The number of ether oxygens (including phenoxy) is 2. The van der Waals surface area contributed by atoms with Crippen LogP contribution in [0, 0.1) is 23.7 Å². The summed E-state index contributed by atoms with van der Waals surface area (Å²) in [5, 5.41) is 20.7. The highest BCUT2D eigenvalue weighted by Crippen LogP contribution is 2.49. The number of aliphatic carboxylic acids is 2. The fraction of sp³-hybridized carbons (Fsp3) is 0.300. The third kappa shape index (κ3) is 8.49. The summed E-state index contributed by atoms with van der Waals surface area (Å²) in [4.78, 5) is 56.6. The zero-order valence-electron chi connectivity index (χ0n) is 28.2. The van der Waals surface area contributed by atoms with Crippen LogP contribution in [0.2, 0.25) is 0 Å². The number of benzene rings is 4. The second-order valence-electron chi connectivity index (χ2n) is 12.4. The molecule has 0 aliphatic heterocycles. The lowest BCUT2D eigenvalue weighted by atomic mass is 9.55. The molecular formula is C40H42N2O8. The molecule has 4 aromatic rings. The van der Waals surface area contributed by atoms with Crippen LogP contribution in [0.15, 0.2) is 109 Å². The van der Waals surface area contributed by atoms with Gasteiger partial charge in [-0.2, -0.15) is 0 Å². The van der Waals surface area contributed by atoms with Crippen molar-refractivity contribution >= 4 is 23.8 Å². The molecular weight excluding hydrogens is 636 g/mol. The molecule has 0 radical (unpaired) electrons. The van der Waals surface area contributed by atoms with Gasteiger partial charge in [0.1, 0.15) is 23.0 Å². The van der Waals surface area contributed by atoms with Gasteiger partial charge in [-0.25, -0.2) is 0 Å². The Labute approximate surface area is 291 Å². The van der Waals surface area contributed by atoms with Gasteiger partial charge in [-0.05, 0) is 72.5 Å². The Morgan fingerprint density at radius 3 is 1.22 bits per heavy atom. The molecule has 1 aliphatic rings. The lowest BCUT2D eigenvalue weighted by molar-refractivity contribution is -0.187. The summed E-state index contributed by atoms with van der Waals surface area (Å²) in [6, 6.07) is 32.9. The first-order valence-electron chi connectivity index (χ1n) is 16.9. The van der Waals surface area contributed by atoms with Crippen LogP contribution >= 0.6 is 0 Å². The number of hydrogen-bond donors (Lipinski definition) is 2. The number of carbonyl (C=O) groups excluding carboxylic acids is 2. The van der Waals surface area contributed by atoms with Crippen LogP contribution in [0.3, 0.4) is 0 Å². The molecule has 50 heavy (non-hydrogen) atoms. The second kappa shape index (κ2) is 16.6. The molecule has 0 spiro atoms. The monoisotopic (exact) mass is 678 g/mol. The van der Waals surface area contributed by atoms with Gasteiger partial charge >= 0.3 is 11.9 Å². The summed E-state index contributed by atoms with van der Waals surface area (Å²) in [6.45, 7) is 4.56. The minimum atomic E-state index is -1.49. The van der Waals surface area contributed by atoms with E-state index in [-0.39, 0.29) is 26.2 Å². The Morgan fingerprint density at radius 2 is 0.880 bits per heavy atom. The zero-order chi connectivity index (χ0) is 35.6. The smallest absolute Gasteiger partial charge is 0.308 e. The highest BCUT2D eigenvalue weighted by Gasteiger charge is 2.64. The van der Waals surface area contributed by atoms with Crippen LogP contribution in [-0.2, 0) is 32.3 Å². The maximum Gasteiger partial charge on any atom is 0.308 e. The summed E-state index contributed by atoms with van der Waals surface area (Å²) in [5.74, 6) is -7.31. The van der Waals surface area contributed by atoms with Gasteiger partial charge in [0.05, 0.1) is 23.7 Å². The van der Waals surface area contributed by atoms with E-state index in [2.05, 4.69) is 0 Å². The number of carboxylic acid groups (broad SMARTS) is 2. The molecule has 10 nitrogen and oxygen atoms in total. The summed E-state index contributed by atoms with van der Waals surface area (Å²) in [5.41, 5.74) is 1.47. The molecule has 0 unspecified atom stereocenters. The van der Waals surface area contributed by atoms with Crippen molar-refractivity contribution in [2.75, 3.05) is 13.1 Å². The number of hydrogen-bond acceptors (Lipinski definition) is 6. The number of para-hydroxylation sites is 2. The van der Waals surface area contributed by atoms with E-state index in [0.29, 0.717) is 35.8 Å². The Morgan fingerprint density at radius 1 is 0.520 bits per heavy atom. The molecule has 0 atom stereocenters. The molecule has 0 heterocycles. The lowest BCUT2D eigenvalue weighted by Gasteiger charge is -2.48. The SMILES string of the molecule is CCCN(Cc1cccc(Oc2ccccc2)c1)C(=O)[C@H]1[C@H](C(=O)O)[C@H](C(=O)N(CCC)Cc2cccc(Oc3ccccc3)c2)[C@H]1C(=O)O. The third-order valence-electron chi connectivity index (χ3n) is 8.80. The van der Waals surface area contributed by atoms with Crippen molar-refractivity contribution in [3.63, 3.8) is 0 Å². The van der Waals surface area contributed by atoms with Gasteiger partial charge in [0.2, 0.25) is 11.8 Å². The number of amides is 2. The van der Waals surface area contributed by atoms with Crippen molar-refractivity contribution in [2.45, 2.75) is 39.8 Å². The van der Waals surface area contributed by atoms with Crippen LogP contribution in [0.4, 0.5) is 0 Å². The van der Waals surface area contributed by atoms with Gasteiger partial charge in [0.15, 0.2) is 0 Å². The number of rotatable bonds is 16. The Hall–Kier alpha value is -5.64. The van der Waals surface area contributed by atoms with Crippen LogP contribution in [0.5, 0.6) is 23.0 Å². The Balaban J connectivity index is 1.35. The van der Waals surface area contributed by atoms with E-state index >= 15 is 0 Å². The number of carbonyl (C=O) groups is 4. The molecule has 2 N–H and O–H groups in total. The number of nitrogens with zero attached hydrogens (tertiary/aromatic N) is 2. The van der Waals surface area contributed by atoms with Gasteiger partial charge in [-0.3, -0.25) is 19.2 Å². The topological polar surface area (TPSA) is 134 Å². The van der Waals surface area contributed by atoms with Crippen molar-refractivity contribution in [3.8, 4) is 23.0 Å². The normalized spacial score (nSPS) is 18.0. The molecule has 1 fully saturated rings. The molecule has 0 aromatic heterocycles.